The zero-order chi connectivity index (χ0) is 22.8. The van der Waals surface area contributed by atoms with E-state index in [1.54, 1.807) is 18.6 Å². The number of piperazine rings is 1. The van der Waals surface area contributed by atoms with Crippen LogP contribution >= 0.6 is 11.6 Å². The van der Waals surface area contributed by atoms with Crippen LogP contribution in [-0.2, 0) is 0 Å². The normalized spacial score (nSPS) is 13.9. The Morgan fingerprint density at radius 1 is 0.909 bits per heavy atom. The van der Waals surface area contributed by atoms with Gasteiger partial charge in [0.25, 0.3) is 5.91 Å². The van der Waals surface area contributed by atoms with E-state index in [2.05, 4.69) is 25.2 Å². The molecule has 0 atom stereocenters. The van der Waals surface area contributed by atoms with Crippen molar-refractivity contribution < 1.29 is 4.79 Å². The highest BCUT2D eigenvalue weighted by Crippen LogP contribution is 2.27. The quantitative estimate of drug-likeness (QED) is 0.478. The van der Waals surface area contributed by atoms with E-state index in [1.165, 1.54) is 0 Å². The number of aryl methyl sites for hydroxylation is 1. The number of nitrogens with zero attached hydrogens (tertiary/aromatic N) is 5. The van der Waals surface area contributed by atoms with E-state index in [1.807, 2.05) is 60.4 Å². The van der Waals surface area contributed by atoms with Crippen LogP contribution in [0.2, 0.25) is 5.02 Å². The van der Waals surface area contributed by atoms with Gasteiger partial charge in [-0.2, -0.15) is 0 Å². The van der Waals surface area contributed by atoms with E-state index in [9.17, 15) is 4.79 Å². The molecule has 4 aromatic rings. The number of fused-ring (bicyclic) bond motifs is 1. The van der Waals surface area contributed by atoms with Gasteiger partial charge < -0.3 is 15.1 Å². The molecule has 1 N–H and O–H groups in total. The van der Waals surface area contributed by atoms with Crippen LogP contribution in [-0.4, -0.2) is 51.9 Å². The van der Waals surface area contributed by atoms with Gasteiger partial charge in [0, 0.05) is 72.1 Å². The van der Waals surface area contributed by atoms with Crippen LogP contribution in [0.5, 0.6) is 0 Å². The summed E-state index contributed by atoms with van der Waals surface area (Å²) in [4.78, 5) is 30.2. The summed E-state index contributed by atoms with van der Waals surface area (Å²) in [6, 6.07) is 15.2. The predicted molar refractivity (Wildman–Crippen MR) is 131 cm³/mol. The van der Waals surface area contributed by atoms with Gasteiger partial charge in [0.1, 0.15) is 5.82 Å². The van der Waals surface area contributed by atoms with Crippen molar-refractivity contribution in [1.82, 2.24) is 19.9 Å². The minimum absolute atomic E-state index is 0.0427. The second-order valence-corrected chi connectivity index (χ2v) is 8.40. The fraction of sp³-hybridized carbons (Fsp3) is 0.200. The number of carbonyl (C=O) groups is 1. The number of halogens is 1. The number of benzene rings is 2. The Kier molecular flexibility index (Phi) is 5.79. The number of nitrogens with one attached hydrogen (secondary N) is 1. The molecule has 0 saturated carbocycles. The summed E-state index contributed by atoms with van der Waals surface area (Å²) in [5.41, 5.74) is 4.25. The van der Waals surface area contributed by atoms with Gasteiger partial charge in [0.15, 0.2) is 0 Å². The number of amides is 1. The molecule has 1 saturated heterocycles. The molecule has 0 aliphatic carbocycles. The van der Waals surface area contributed by atoms with Crippen LogP contribution in [0.1, 0.15) is 16.1 Å². The Hall–Kier alpha value is -3.71. The molecular formula is C25H23ClN6O. The SMILES string of the molecule is Cc1nccnc1N1CCN(C(=O)c2ccc(Nc3ccnc4cc(Cl)ccc34)cc2)CC1. The van der Waals surface area contributed by atoms with Crippen LogP contribution in [0.4, 0.5) is 17.2 Å². The molecule has 0 bridgehead atoms. The zero-order valence-corrected chi connectivity index (χ0v) is 19.0. The number of hydrogen-bond acceptors (Lipinski definition) is 6. The van der Waals surface area contributed by atoms with Crippen molar-refractivity contribution in [3.05, 3.63) is 83.4 Å². The third-order valence-corrected chi connectivity index (χ3v) is 6.07. The molecule has 8 heteroatoms. The first-order valence-electron chi connectivity index (χ1n) is 10.8. The van der Waals surface area contributed by atoms with Crippen LogP contribution in [0, 0.1) is 6.92 Å². The summed E-state index contributed by atoms with van der Waals surface area (Å²) in [5, 5.41) is 5.05. The molecule has 3 heterocycles. The molecule has 5 rings (SSSR count). The highest BCUT2D eigenvalue weighted by Gasteiger charge is 2.23. The van der Waals surface area contributed by atoms with Gasteiger partial charge in [-0.3, -0.25) is 14.8 Å². The summed E-state index contributed by atoms with van der Waals surface area (Å²) in [6.45, 7) is 4.74. The molecule has 1 aliphatic heterocycles. The fourth-order valence-electron chi connectivity index (χ4n) is 4.10. The molecule has 7 nitrogen and oxygen atoms in total. The lowest BCUT2D eigenvalue weighted by atomic mass is 10.1. The van der Waals surface area contributed by atoms with Gasteiger partial charge in [-0.05, 0) is 55.5 Å². The van der Waals surface area contributed by atoms with Gasteiger partial charge in [-0.25, -0.2) is 4.98 Å². The fourth-order valence-corrected chi connectivity index (χ4v) is 4.26. The van der Waals surface area contributed by atoms with Crippen LogP contribution in [0.3, 0.4) is 0 Å². The molecule has 1 fully saturated rings. The van der Waals surface area contributed by atoms with E-state index in [0.29, 0.717) is 23.7 Å². The molecule has 0 radical (unpaired) electrons. The molecule has 0 unspecified atom stereocenters. The Bertz CT molecular complexity index is 1300. The molecule has 1 amide bonds. The minimum Gasteiger partial charge on any atom is -0.355 e. The molecule has 33 heavy (non-hydrogen) atoms. The number of aromatic nitrogens is 3. The Balaban J connectivity index is 1.25. The summed E-state index contributed by atoms with van der Waals surface area (Å²) in [6.07, 6.45) is 5.16. The van der Waals surface area contributed by atoms with Gasteiger partial charge >= 0.3 is 0 Å². The van der Waals surface area contributed by atoms with Crippen molar-refractivity contribution in [3.63, 3.8) is 0 Å². The van der Waals surface area contributed by atoms with Gasteiger partial charge in [0.2, 0.25) is 0 Å². The van der Waals surface area contributed by atoms with Crippen molar-refractivity contribution in [3.8, 4) is 0 Å². The van der Waals surface area contributed by atoms with Gasteiger partial charge in [-0.15, -0.1) is 0 Å². The standard InChI is InChI=1S/C25H23ClN6O/c1-17-24(29-11-10-27-17)31-12-14-32(15-13-31)25(33)18-2-5-20(6-3-18)30-22-8-9-28-23-16-19(26)4-7-21(22)23/h2-11,16H,12-15H2,1H3,(H,28,30). The average Bonchev–Trinajstić information content (AvgIpc) is 2.84. The Morgan fingerprint density at radius 2 is 1.67 bits per heavy atom. The number of pyridine rings is 1. The highest BCUT2D eigenvalue weighted by molar-refractivity contribution is 6.31. The zero-order valence-electron chi connectivity index (χ0n) is 18.2. The Labute approximate surface area is 197 Å². The first-order chi connectivity index (χ1) is 16.1. The van der Waals surface area contributed by atoms with Crippen molar-refractivity contribution in [2.45, 2.75) is 6.92 Å². The van der Waals surface area contributed by atoms with Crippen LogP contribution in [0.15, 0.2) is 67.1 Å². The third kappa shape index (κ3) is 4.45. The Morgan fingerprint density at radius 3 is 2.42 bits per heavy atom. The van der Waals surface area contributed by atoms with Crippen molar-refractivity contribution in [2.75, 3.05) is 36.4 Å². The first kappa shape index (κ1) is 21.2. The van der Waals surface area contributed by atoms with Crippen molar-refractivity contribution >= 4 is 45.6 Å². The second kappa shape index (κ2) is 9.03. The first-order valence-corrected chi connectivity index (χ1v) is 11.2. The number of hydrogen-bond donors (Lipinski definition) is 1. The molecular weight excluding hydrogens is 436 g/mol. The van der Waals surface area contributed by atoms with E-state index in [4.69, 9.17) is 11.6 Å². The number of rotatable bonds is 4. The molecule has 1 aliphatic rings. The van der Waals surface area contributed by atoms with E-state index < -0.39 is 0 Å². The van der Waals surface area contributed by atoms with Crippen molar-refractivity contribution in [1.29, 1.82) is 0 Å². The van der Waals surface area contributed by atoms with Crippen LogP contribution < -0.4 is 10.2 Å². The largest absolute Gasteiger partial charge is 0.355 e. The second-order valence-electron chi connectivity index (χ2n) is 7.97. The maximum Gasteiger partial charge on any atom is 0.253 e. The van der Waals surface area contributed by atoms with E-state index >= 15 is 0 Å². The maximum atomic E-state index is 13.0. The minimum atomic E-state index is 0.0427. The lowest BCUT2D eigenvalue weighted by Gasteiger charge is -2.35. The number of anilines is 3. The molecule has 166 valence electrons. The monoisotopic (exact) mass is 458 g/mol. The maximum absolute atomic E-state index is 13.0. The predicted octanol–water partition coefficient (Wildman–Crippen LogP) is 4.69. The average molecular weight is 459 g/mol. The molecule has 0 spiro atoms. The summed E-state index contributed by atoms with van der Waals surface area (Å²) < 4.78 is 0. The summed E-state index contributed by atoms with van der Waals surface area (Å²) in [7, 11) is 0. The highest BCUT2D eigenvalue weighted by atomic mass is 35.5. The van der Waals surface area contributed by atoms with Crippen molar-refractivity contribution in [2.24, 2.45) is 0 Å². The summed E-state index contributed by atoms with van der Waals surface area (Å²) >= 11 is 6.08. The lowest BCUT2D eigenvalue weighted by Crippen LogP contribution is -2.49. The molecule has 2 aromatic heterocycles. The molecule has 2 aromatic carbocycles. The lowest BCUT2D eigenvalue weighted by molar-refractivity contribution is 0.0746. The smallest absolute Gasteiger partial charge is 0.253 e. The van der Waals surface area contributed by atoms with E-state index in [0.717, 1.165) is 46.9 Å². The van der Waals surface area contributed by atoms with Crippen LogP contribution in [0.25, 0.3) is 10.9 Å². The summed E-state index contributed by atoms with van der Waals surface area (Å²) in [5.74, 6) is 0.937. The third-order valence-electron chi connectivity index (χ3n) is 5.84. The topological polar surface area (TPSA) is 74.2 Å². The van der Waals surface area contributed by atoms with Gasteiger partial charge in [0.05, 0.1) is 11.2 Å². The number of carbonyl (C=O) groups excluding carboxylic acids is 1. The van der Waals surface area contributed by atoms with E-state index in [-0.39, 0.29) is 5.91 Å². The van der Waals surface area contributed by atoms with Gasteiger partial charge in [-0.1, -0.05) is 11.6 Å².